The average Bonchev–Trinajstić information content (AvgIpc) is 2.11. The lowest BCUT2D eigenvalue weighted by molar-refractivity contribution is 0.134. The third-order valence-corrected chi connectivity index (χ3v) is 2.32. The van der Waals surface area contributed by atoms with E-state index in [-0.39, 0.29) is 6.23 Å². The minimum absolute atomic E-state index is 0.358. The fourth-order valence-corrected chi connectivity index (χ4v) is 1.47. The number of aliphatic hydroxyl groups is 1. The molecule has 0 aromatic rings. The molecule has 0 aliphatic carbocycles. The molecule has 0 aliphatic heterocycles. The van der Waals surface area contributed by atoms with Crippen molar-refractivity contribution in [1.29, 1.82) is 0 Å². The normalized spacial score (nSPS) is 13.2. The maximum Gasteiger partial charge on any atom is 0.105 e. The Kier molecular flexibility index (Phi) is 10.6. The van der Waals surface area contributed by atoms with Gasteiger partial charge in [0.25, 0.3) is 0 Å². The Labute approximate surface area is 87.5 Å². The third-order valence-electron chi connectivity index (χ3n) is 2.06. The zero-order chi connectivity index (χ0) is 9.94. The molecule has 0 aliphatic rings. The number of thiol groups is 1. The molecule has 3 heteroatoms. The first kappa shape index (κ1) is 13.3. The van der Waals surface area contributed by atoms with Crippen molar-refractivity contribution < 1.29 is 5.11 Å². The van der Waals surface area contributed by atoms with Gasteiger partial charge in [-0.15, -0.1) is 0 Å². The predicted octanol–water partition coefficient (Wildman–Crippen LogP) is 2.18. The van der Waals surface area contributed by atoms with Crippen molar-refractivity contribution >= 4 is 12.6 Å². The molecule has 2 N–H and O–H groups in total. The highest BCUT2D eigenvalue weighted by Gasteiger charge is 1.99. The van der Waals surface area contributed by atoms with Crippen LogP contribution in [0.25, 0.3) is 0 Å². The predicted molar refractivity (Wildman–Crippen MR) is 61.2 cm³/mol. The van der Waals surface area contributed by atoms with Crippen molar-refractivity contribution in [2.75, 3.05) is 12.3 Å². The summed E-state index contributed by atoms with van der Waals surface area (Å²) in [5.74, 6) is 0.740. The molecular weight excluding hydrogens is 182 g/mol. The SMILES string of the molecule is CCCCCCCNC(O)CCS. The summed E-state index contributed by atoms with van der Waals surface area (Å²) in [5.41, 5.74) is 0. The van der Waals surface area contributed by atoms with Crippen molar-refractivity contribution in [3.63, 3.8) is 0 Å². The minimum Gasteiger partial charge on any atom is -0.379 e. The van der Waals surface area contributed by atoms with Crippen LogP contribution in [0.1, 0.15) is 45.4 Å². The molecule has 0 bridgehead atoms. The van der Waals surface area contributed by atoms with Gasteiger partial charge in [-0.2, -0.15) is 12.6 Å². The van der Waals surface area contributed by atoms with Crippen LogP contribution in [0, 0.1) is 0 Å². The molecule has 80 valence electrons. The smallest absolute Gasteiger partial charge is 0.105 e. The molecule has 0 rings (SSSR count). The first-order chi connectivity index (χ1) is 6.31. The zero-order valence-electron chi connectivity index (χ0n) is 8.63. The number of hydrogen-bond acceptors (Lipinski definition) is 3. The summed E-state index contributed by atoms with van der Waals surface area (Å²) in [7, 11) is 0. The van der Waals surface area contributed by atoms with E-state index < -0.39 is 0 Å². The Balaban J connectivity index is 2.97. The van der Waals surface area contributed by atoms with Gasteiger partial charge in [-0.3, -0.25) is 5.32 Å². The van der Waals surface area contributed by atoms with Crippen LogP contribution in [0.15, 0.2) is 0 Å². The second-order valence-corrected chi connectivity index (χ2v) is 3.84. The molecule has 0 spiro atoms. The maximum atomic E-state index is 9.29. The van der Waals surface area contributed by atoms with Gasteiger partial charge in [0.15, 0.2) is 0 Å². The fourth-order valence-electron chi connectivity index (χ4n) is 1.22. The molecule has 0 heterocycles. The van der Waals surface area contributed by atoms with Gasteiger partial charge < -0.3 is 5.11 Å². The summed E-state index contributed by atoms with van der Waals surface area (Å²) in [4.78, 5) is 0. The fraction of sp³-hybridized carbons (Fsp3) is 1.00. The van der Waals surface area contributed by atoms with Crippen LogP contribution >= 0.6 is 12.6 Å². The molecular formula is C10H23NOS. The average molecular weight is 205 g/mol. The van der Waals surface area contributed by atoms with Crippen molar-refractivity contribution in [2.45, 2.75) is 51.7 Å². The largest absolute Gasteiger partial charge is 0.379 e. The number of unbranched alkanes of at least 4 members (excludes halogenated alkanes) is 4. The van der Waals surface area contributed by atoms with Gasteiger partial charge in [0.05, 0.1) is 0 Å². The molecule has 2 nitrogen and oxygen atoms in total. The number of rotatable bonds is 9. The first-order valence-corrected chi connectivity index (χ1v) is 5.96. The second-order valence-electron chi connectivity index (χ2n) is 3.40. The lowest BCUT2D eigenvalue weighted by Gasteiger charge is -2.10. The topological polar surface area (TPSA) is 32.3 Å². The van der Waals surface area contributed by atoms with E-state index in [2.05, 4.69) is 24.9 Å². The summed E-state index contributed by atoms with van der Waals surface area (Å²) < 4.78 is 0. The van der Waals surface area contributed by atoms with E-state index >= 15 is 0 Å². The van der Waals surface area contributed by atoms with Gasteiger partial charge in [0.2, 0.25) is 0 Å². The molecule has 0 radical (unpaired) electrons. The van der Waals surface area contributed by atoms with Gasteiger partial charge in [-0.1, -0.05) is 32.6 Å². The number of nitrogens with one attached hydrogen (secondary N) is 1. The van der Waals surface area contributed by atoms with Gasteiger partial charge >= 0.3 is 0 Å². The van der Waals surface area contributed by atoms with E-state index in [0.29, 0.717) is 0 Å². The van der Waals surface area contributed by atoms with Crippen molar-refractivity contribution in [2.24, 2.45) is 0 Å². The molecule has 0 amide bonds. The Morgan fingerprint density at radius 1 is 1.23 bits per heavy atom. The zero-order valence-corrected chi connectivity index (χ0v) is 9.52. The Morgan fingerprint density at radius 3 is 2.54 bits per heavy atom. The van der Waals surface area contributed by atoms with E-state index in [9.17, 15) is 5.11 Å². The Morgan fingerprint density at radius 2 is 1.92 bits per heavy atom. The summed E-state index contributed by atoms with van der Waals surface area (Å²) in [6, 6.07) is 0. The van der Waals surface area contributed by atoms with Crippen LogP contribution in [0.2, 0.25) is 0 Å². The maximum absolute atomic E-state index is 9.29. The van der Waals surface area contributed by atoms with Crippen LogP contribution in [0.3, 0.4) is 0 Å². The summed E-state index contributed by atoms with van der Waals surface area (Å²) in [6.07, 6.45) is 6.76. The minimum atomic E-state index is -0.358. The summed E-state index contributed by atoms with van der Waals surface area (Å²) in [5, 5.41) is 12.4. The van der Waals surface area contributed by atoms with Crippen LogP contribution in [0.4, 0.5) is 0 Å². The summed E-state index contributed by atoms with van der Waals surface area (Å²) in [6.45, 7) is 3.15. The molecule has 0 fully saturated rings. The number of hydrogen-bond donors (Lipinski definition) is 3. The van der Waals surface area contributed by atoms with E-state index in [1.807, 2.05) is 0 Å². The van der Waals surface area contributed by atoms with Gasteiger partial charge in [-0.25, -0.2) is 0 Å². The van der Waals surface area contributed by atoms with Gasteiger partial charge in [0, 0.05) is 0 Å². The Hall–Kier alpha value is 0.270. The lowest BCUT2D eigenvalue weighted by Crippen LogP contribution is -2.29. The highest BCUT2D eigenvalue weighted by molar-refractivity contribution is 7.80. The molecule has 13 heavy (non-hydrogen) atoms. The quantitative estimate of drug-likeness (QED) is 0.306. The monoisotopic (exact) mass is 205 g/mol. The van der Waals surface area contributed by atoms with E-state index in [0.717, 1.165) is 18.7 Å². The number of aliphatic hydroxyl groups excluding tert-OH is 1. The Bertz CT molecular complexity index is 101. The van der Waals surface area contributed by atoms with Crippen LogP contribution in [-0.4, -0.2) is 23.6 Å². The second kappa shape index (κ2) is 10.4. The lowest BCUT2D eigenvalue weighted by atomic mass is 10.1. The van der Waals surface area contributed by atoms with Crippen molar-refractivity contribution in [3.8, 4) is 0 Å². The van der Waals surface area contributed by atoms with Gasteiger partial charge in [0.1, 0.15) is 6.23 Å². The van der Waals surface area contributed by atoms with E-state index in [4.69, 9.17) is 0 Å². The van der Waals surface area contributed by atoms with Crippen LogP contribution in [0.5, 0.6) is 0 Å². The van der Waals surface area contributed by atoms with E-state index in [1.54, 1.807) is 0 Å². The van der Waals surface area contributed by atoms with Gasteiger partial charge in [-0.05, 0) is 25.1 Å². The molecule has 0 aromatic carbocycles. The van der Waals surface area contributed by atoms with Crippen molar-refractivity contribution in [1.82, 2.24) is 5.32 Å². The first-order valence-electron chi connectivity index (χ1n) is 5.33. The highest BCUT2D eigenvalue weighted by Crippen LogP contribution is 2.01. The van der Waals surface area contributed by atoms with E-state index in [1.165, 1.54) is 32.1 Å². The summed E-state index contributed by atoms with van der Waals surface area (Å²) >= 11 is 4.05. The molecule has 1 atom stereocenters. The molecule has 0 saturated carbocycles. The third kappa shape index (κ3) is 10.2. The molecule has 0 saturated heterocycles. The highest BCUT2D eigenvalue weighted by atomic mass is 32.1. The molecule has 1 unspecified atom stereocenters. The van der Waals surface area contributed by atoms with Crippen LogP contribution in [-0.2, 0) is 0 Å². The standard InChI is InChI=1S/C10H23NOS/c1-2-3-4-5-6-8-11-10(12)7-9-13/h10-13H,2-9H2,1H3. The van der Waals surface area contributed by atoms with Crippen LogP contribution < -0.4 is 5.32 Å². The molecule has 0 aromatic heterocycles. The van der Waals surface area contributed by atoms with Crippen molar-refractivity contribution in [3.05, 3.63) is 0 Å².